The summed E-state index contributed by atoms with van der Waals surface area (Å²) in [5.41, 5.74) is 4.45. The molecule has 1 aromatic carbocycles. The number of imide groups is 1. The van der Waals surface area contributed by atoms with E-state index in [0.29, 0.717) is 35.6 Å². The summed E-state index contributed by atoms with van der Waals surface area (Å²) >= 11 is 0. The second-order valence-electron chi connectivity index (χ2n) is 16.5. The van der Waals surface area contributed by atoms with Gasteiger partial charge >= 0.3 is 5.97 Å². The molecule has 0 saturated heterocycles. The van der Waals surface area contributed by atoms with Gasteiger partial charge in [-0.15, -0.1) is 0 Å². The van der Waals surface area contributed by atoms with E-state index in [1.807, 2.05) is 12.1 Å². The molecular weight excluding hydrogens is 546 g/mol. The van der Waals surface area contributed by atoms with Gasteiger partial charge in [0.05, 0.1) is 18.1 Å². The molecule has 0 aliphatic heterocycles. The summed E-state index contributed by atoms with van der Waals surface area (Å²) < 4.78 is 4.93. The number of carbonyl (C=O) groups is 3. The summed E-state index contributed by atoms with van der Waals surface area (Å²) in [6.45, 7) is 19.3. The summed E-state index contributed by atoms with van der Waals surface area (Å²) in [6, 6.07) is 7.98. The van der Waals surface area contributed by atoms with Crippen LogP contribution in [0.5, 0.6) is 0 Å². The van der Waals surface area contributed by atoms with E-state index >= 15 is 0 Å². The second-order valence-corrected chi connectivity index (χ2v) is 16.5. The highest BCUT2D eigenvalue weighted by molar-refractivity contribution is 5.91. The number of amides is 2. The van der Waals surface area contributed by atoms with E-state index in [4.69, 9.17) is 4.74 Å². The number of benzene rings is 1. The predicted octanol–water partition coefficient (Wildman–Crippen LogP) is 8.40. The first kappa shape index (κ1) is 31.3. The van der Waals surface area contributed by atoms with Crippen LogP contribution in [0.2, 0.25) is 0 Å². The monoisotopic (exact) mass is 599 g/mol. The minimum Gasteiger partial charge on any atom is -0.465 e. The van der Waals surface area contributed by atoms with Gasteiger partial charge in [0.25, 0.3) is 0 Å². The van der Waals surface area contributed by atoms with Crippen LogP contribution < -0.4 is 5.32 Å². The number of carbonyl (C=O) groups excluding carboxylic acids is 3. The average molecular weight is 600 g/mol. The lowest BCUT2D eigenvalue weighted by Gasteiger charge is -2.72. The Labute approximate surface area is 264 Å². The Bertz CT molecular complexity index is 1410. The topological polar surface area (TPSA) is 72.5 Å². The zero-order chi connectivity index (χ0) is 31.9. The molecule has 0 spiro atoms. The Hall–Kier alpha value is -2.69. The van der Waals surface area contributed by atoms with Gasteiger partial charge in [-0.1, -0.05) is 65.0 Å². The van der Waals surface area contributed by atoms with Crippen molar-refractivity contribution in [3.8, 4) is 0 Å². The van der Waals surface area contributed by atoms with E-state index in [9.17, 15) is 14.4 Å². The summed E-state index contributed by atoms with van der Waals surface area (Å²) in [5, 5.41) is 2.61. The average Bonchev–Trinajstić information content (AvgIpc) is 3.38. The standard InChI is InChI=1S/C39H53NO4/c1-24(2)27-15-20-39(34(43)40-23-41)22-21-37(6)29(32(27)39)13-14-31-36(5)18-16-28(25-9-11-26(12-10-25)33(42)44-8)35(3,4)30(36)17-19-38(31,37)7/h9-12,16,23,27,29-32H,1,13-15,17-22H2,2-8H3,(H,40,41,43)/t27-,29+,30-,31+,32+,36-,37+,38+,39-/m0/s1. The van der Waals surface area contributed by atoms with E-state index in [-0.39, 0.29) is 39.5 Å². The zero-order valence-corrected chi connectivity index (χ0v) is 28.1. The van der Waals surface area contributed by atoms with E-state index in [1.54, 1.807) is 0 Å². The first-order chi connectivity index (χ1) is 20.7. The van der Waals surface area contributed by atoms with Gasteiger partial charge < -0.3 is 4.74 Å². The lowest BCUT2D eigenvalue weighted by molar-refractivity contribution is -0.224. The molecule has 44 heavy (non-hydrogen) atoms. The van der Waals surface area contributed by atoms with Crippen molar-refractivity contribution in [1.29, 1.82) is 0 Å². The predicted molar refractivity (Wildman–Crippen MR) is 174 cm³/mol. The maximum absolute atomic E-state index is 13.6. The Morgan fingerprint density at radius 1 is 0.909 bits per heavy atom. The molecular formula is C39H53NO4. The van der Waals surface area contributed by atoms with Gasteiger partial charge in [-0.2, -0.15) is 0 Å². The Morgan fingerprint density at radius 2 is 1.61 bits per heavy atom. The Kier molecular flexibility index (Phi) is 7.41. The van der Waals surface area contributed by atoms with Crippen molar-refractivity contribution < 1.29 is 19.1 Å². The van der Waals surface area contributed by atoms with Gasteiger partial charge in [0.1, 0.15) is 0 Å². The van der Waals surface area contributed by atoms with Crippen LogP contribution in [0.3, 0.4) is 0 Å². The number of hydrogen-bond acceptors (Lipinski definition) is 4. The van der Waals surface area contributed by atoms with Crippen molar-refractivity contribution in [3.63, 3.8) is 0 Å². The molecule has 4 fully saturated rings. The molecule has 5 heteroatoms. The fourth-order valence-corrected chi connectivity index (χ4v) is 12.7. The fourth-order valence-electron chi connectivity index (χ4n) is 12.7. The van der Waals surface area contributed by atoms with Gasteiger partial charge in [0.2, 0.25) is 12.3 Å². The first-order valence-corrected chi connectivity index (χ1v) is 17.0. The third-order valence-electron chi connectivity index (χ3n) is 14.9. The zero-order valence-electron chi connectivity index (χ0n) is 28.1. The minimum atomic E-state index is -0.451. The lowest BCUT2D eigenvalue weighted by Crippen LogP contribution is -2.66. The van der Waals surface area contributed by atoms with Crippen LogP contribution in [0, 0.1) is 56.7 Å². The molecule has 1 aromatic rings. The maximum Gasteiger partial charge on any atom is 0.337 e. The minimum absolute atomic E-state index is 0.00397. The van der Waals surface area contributed by atoms with E-state index in [1.165, 1.54) is 43.1 Å². The highest BCUT2D eigenvalue weighted by Gasteiger charge is 2.71. The third-order valence-corrected chi connectivity index (χ3v) is 14.9. The number of rotatable bonds is 5. The van der Waals surface area contributed by atoms with Gasteiger partial charge in [-0.25, -0.2) is 4.79 Å². The SMILES string of the molecule is C=C(C)[C@@H]1CC[C@]2(C(=O)NC=O)CC[C@]3(C)[C@H](CC[C@@H]4[C@@]5(C)CC=C(c6ccc(C(=O)OC)cc6)C(C)(C)[C@@H]5CC[C@]43C)[C@@H]12. The van der Waals surface area contributed by atoms with Crippen molar-refractivity contribution in [3.05, 3.63) is 53.6 Å². The summed E-state index contributed by atoms with van der Waals surface area (Å²) in [5.74, 6) is 1.87. The summed E-state index contributed by atoms with van der Waals surface area (Å²) in [7, 11) is 1.43. The largest absolute Gasteiger partial charge is 0.465 e. The molecule has 1 N–H and O–H groups in total. The van der Waals surface area contributed by atoms with Gasteiger partial charge in [0.15, 0.2) is 0 Å². The van der Waals surface area contributed by atoms with Crippen LogP contribution in [-0.4, -0.2) is 25.4 Å². The summed E-state index contributed by atoms with van der Waals surface area (Å²) in [6.07, 6.45) is 12.7. The smallest absolute Gasteiger partial charge is 0.337 e. The number of nitrogens with one attached hydrogen (secondary N) is 1. The quantitative estimate of drug-likeness (QED) is 0.210. The second kappa shape index (κ2) is 10.4. The molecule has 6 rings (SSSR count). The van der Waals surface area contributed by atoms with Gasteiger partial charge in [-0.3, -0.25) is 14.9 Å². The van der Waals surface area contributed by atoms with Crippen LogP contribution in [0.25, 0.3) is 5.57 Å². The van der Waals surface area contributed by atoms with Gasteiger partial charge in [-0.05, 0) is 139 Å². The number of methoxy groups -OCH3 is 1. The van der Waals surface area contributed by atoms with E-state index in [2.05, 4.69) is 71.6 Å². The molecule has 9 atom stereocenters. The molecule has 0 bridgehead atoms. The molecule has 5 aliphatic rings. The van der Waals surface area contributed by atoms with Crippen LogP contribution in [-0.2, 0) is 14.3 Å². The van der Waals surface area contributed by atoms with Crippen molar-refractivity contribution >= 4 is 23.9 Å². The van der Waals surface area contributed by atoms with Crippen molar-refractivity contribution in [1.82, 2.24) is 5.32 Å². The third kappa shape index (κ3) is 4.05. The maximum atomic E-state index is 13.6. The Morgan fingerprint density at radius 3 is 2.25 bits per heavy atom. The Balaban J connectivity index is 1.35. The molecule has 0 heterocycles. The molecule has 238 valence electrons. The van der Waals surface area contributed by atoms with Crippen LogP contribution in [0.4, 0.5) is 0 Å². The lowest BCUT2D eigenvalue weighted by atomic mass is 9.32. The number of fused-ring (bicyclic) bond motifs is 7. The number of esters is 1. The van der Waals surface area contributed by atoms with Crippen molar-refractivity contribution in [2.45, 2.75) is 99.3 Å². The molecule has 4 saturated carbocycles. The molecule has 0 radical (unpaired) electrons. The molecule has 2 amide bonds. The number of hydrogen-bond donors (Lipinski definition) is 1. The molecule has 5 nitrogen and oxygen atoms in total. The van der Waals surface area contributed by atoms with E-state index in [0.717, 1.165) is 38.5 Å². The highest BCUT2D eigenvalue weighted by atomic mass is 16.5. The van der Waals surface area contributed by atoms with Crippen LogP contribution in [0.15, 0.2) is 42.5 Å². The van der Waals surface area contributed by atoms with E-state index < -0.39 is 5.41 Å². The molecule has 0 unspecified atom stereocenters. The first-order valence-electron chi connectivity index (χ1n) is 17.0. The molecule has 0 aromatic heterocycles. The van der Waals surface area contributed by atoms with Gasteiger partial charge in [0, 0.05) is 0 Å². The van der Waals surface area contributed by atoms with Crippen LogP contribution >= 0.6 is 0 Å². The van der Waals surface area contributed by atoms with Crippen molar-refractivity contribution in [2.24, 2.45) is 56.7 Å². The number of ether oxygens (including phenoxy) is 1. The number of allylic oxidation sites excluding steroid dienone is 3. The fraction of sp³-hybridized carbons (Fsp3) is 0.667. The van der Waals surface area contributed by atoms with Crippen molar-refractivity contribution in [2.75, 3.05) is 7.11 Å². The van der Waals surface area contributed by atoms with Crippen LogP contribution in [0.1, 0.15) is 115 Å². The highest BCUT2D eigenvalue weighted by Crippen LogP contribution is 2.77. The molecule has 5 aliphatic carbocycles. The summed E-state index contributed by atoms with van der Waals surface area (Å²) in [4.78, 5) is 37.2. The normalized spacial score (nSPS) is 42.0.